The summed E-state index contributed by atoms with van der Waals surface area (Å²) < 4.78 is 4.69. The Balaban J connectivity index is 3.97. The molecular weight excluding hydrogens is 194 g/mol. The number of esters is 1. The molecule has 0 spiro atoms. The summed E-state index contributed by atoms with van der Waals surface area (Å²) in [5.41, 5.74) is 0. The lowest BCUT2D eigenvalue weighted by molar-refractivity contribution is -0.148. The van der Waals surface area contributed by atoms with Gasteiger partial charge in [-0.05, 0) is 13.8 Å². The Morgan fingerprint density at radius 1 is 1.38 bits per heavy atom. The first-order chi connectivity index (χ1) is 6.15. The van der Waals surface area contributed by atoms with Crippen LogP contribution in [-0.4, -0.2) is 42.4 Å². The van der Waals surface area contributed by atoms with Gasteiger partial charge in [-0.2, -0.15) is 0 Å². The van der Waals surface area contributed by atoms with E-state index in [2.05, 4.69) is 0 Å². The van der Waals surface area contributed by atoms with E-state index in [4.69, 9.17) is 16.3 Å². The summed E-state index contributed by atoms with van der Waals surface area (Å²) >= 11 is 5.34. The third-order valence-corrected chi connectivity index (χ3v) is 1.70. The largest absolute Gasteiger partial charge is 0.465 e. The average Bonchev–Trinajstić information content (AvgIpc) is 2.13. The Hall–Kier alpha value is -0.770. The van der Waals surface area contributed by atoms with Crippen LogP contribution in [0.2, 0.25) is 0 Å². The van der Waals surface area contributed by atoms with Crippen LogP contribution < -0.4 is 0 Å². The van der Waals surface area contributed by atoms with Gasteiger partial charge in [0.15, 0.2) is 0 Å². The highest BCUT2D eigenvalue weighted by Crippen LogP contribution is 1.93. The number of hydrogen-bond acceptors (Lipinski definition) is 3. The molecule has 0 saturated carbocycles. The predicted octanol–water partition coefficient (Wildman–Crippen LogP) is 0.637. The van der Waals surface area contributed by atoms with Gasteiger partial charge in [-0.1, -0.05) is 0 Å². The van der Waals surface area contributed by atoms with E-state index in [1.807, 2.05) is 0 Å². The minimum Gasteiger partial charge on any atom is -0.465 e. The molecule has 0 N–H and O–H groups in total. The molecule has 0 radical (unpaired) electrons. The lowest BCUT2D eigenvalue weighted by Gasteiger charge is -2.18. The molecule has 0 fully saturated rings. The number of amides is 1. The number of halogens is 1. The Kier molecular flexibility index (Phi) is 6.32. The Morgan fingerprint density at radius 3 is 2.38 bits per heavy atom. The highest BCUT2D eigenvalue weighted by atomic mass is 35.5. The molecule has 0 saturated heterocycles. The van der Waals surface area contributed by atoms with Gasteiger partial charge in [0.25, 0.3) is 0 Å². The van der Waals surface area contributed by atoms with Crippen LogP contribution in [0.3, 0.4) is 0 Å². The SMILES string of the molecule is CCOC(=O)CN(CC)C(=O)CCl. The molecule has 0 aromatic heterocycles. The molecule has 0 unspecified atom stereocenters. The van der Waals surface area contributed by atoms with Crippen LogP contribution in [0.1, 0.15) is 13.8 Å². The lowest BCUT2D eigenvalue weighted by Crippen LogP contribution is -2.37. The first-order valence-electron chi connectivity index (χ1n) is 4.15. The number of carbonyl (C=O) groups excluding carboxylic acids is 2. The molecule has 0 bridgehead atoms. The minimum atomic E-state index is -0.400. The summed E-state index contributed by atoms with van der Waals surface area (Å²) in [5.74, 6) is -0.757. The molecule has 1 amide bonds. The van der Waals surface area contributed by atoms with E-state index in [1.54, 1.807) is 13.8 Å². The van der Waals surface area contributed by atoms with Gasteiger partial charge in [0, 0.05) is 6.54 Å². The molecule has 4 nitrogen and oxygen atoms in total. The predicted molar refractivity (Wildman–Crippen MR) is 49.6 cm³/mol. The second-order valence-electron chi connectivity index (χ2n) is 2.35. The van der Waals surface area contributed by atoms with E-state index >= 15 is 0 Å². The van der Waals surface area contributed by atoms with Gasteiger partial charge in [-0.3, -0.25) is 9.59 Å². The minimum absolute atomic E-state index is 0.0180. The van der Waals surface area contributed by atoms with Gasteiger partial charge in [0.1, 0.15) is 12.4 Å². The van der Waals surface area contributed by atoms with Crippen LogP contribution in [0.25, 0.3) is 0 Å². The topological polar surface area (TPSA) is 46.6 Å². The molecule has 0 aliphatic heterocycles. The molecule has 13 heavy (non-hydrogen) atoms. The van der Waals surface area contributed by atoms with Crippen molar-refractivity contribution < 1.29 is 14.3 Å². The zero-order chi connectivity index (χ0) is 10.3. The number of carbonyl (C=O) groups is 2. The molecule has 0 aromatic carbocycles. The summed E-state index contributed by atoms with van der Waals surface area (Å²) in [6, 6.07) is 0. The maximum Gasteiger partial charge on any atom is 0.325 e. The van der Waals surface area contributed by atoms with Crippen molar-refractivity contribution in [3.8, 4) is 0 Å². The third kappa shape index (κ3) is 4.72. The smallest absolute Gasteiger partial charge is 0.325 e. The maximum absolute atomic E-state index is 11.1. The first kappa shape index (κ1) is 12.2. The number of alkyl halides is 1. The van der Waals surface area contributed by atoms with Gasteiger partial charge in [0.2, 0.25) is 5.91 Å². The first-order valence-corrected chi connectivity index (χ1v) is 4.68. The Bertz CT molecular complexity index is 184. The van der Waals surface area contributed by atoms with E-state index in [0.717, 1.165) is 0 Å². The zero-order valence-corrected chi connectivity index (χ0v) is 8.63. The van der Waals surface area contributed by atoms with E-state index in [0.29, 0.717) is 13.2 Å². The molecule has 0 rings (SSSR count). The van der Waals surface area contributed by atoms with E-state index < -0.39 is 5.97 Å². The van der Waals surface area contributed by atoms with Crippen molar-refractivity contribution in [1.82, 2.24) is 4.90 Å². The van der Waals surface area contributed by atoms with Crippen LogP contribution in [0.4, 0.5) is 0 Å². The average molecular weight is 208 g/mol. The fraction of sp³-hybridized carbons (Fsp3) is 0.750. The number of hydrogen-bond donors (Lipinski definition) is 0. The van der Waals surface area contributed by atoms with Crippen LogP contribution in [0.5, 0.6) is 0 Å². The summed E-state index contributed by atoms with van der Waals surface area (Å²) in [7, 11) is 0. The van der Waals surface area contributed by atoms with Crippen molar-refractivity contribution >= 4 is 23.5 Å². The Morgan fingerprint density at radius 2 is 2.00 bits per heavy atom. The third-order valence-electron chi connectivity index (χ3n) is 1.47. The molecule has 0 heterocycles. The molecular formula is C8H14ClNO3. The van der Waals surface area contributed by atoms with E-state index in [1.165, 1.54) is 4.90 Å². The summed E-state index contributed by atoms with van der Waals surface area (Å²) in [4.78, 5) is 23.4. The van der Waals surface area contributed by atoms with E-state index in [9.17, 15) is 9.59 Å². The Labute approximate surface area is 82.8 Å². The monoisotopic (exact) mass is 207 g/mol. The molecule has 0 aliphatic rings. The quantitative estimate of drug-likeness (QED) is 0.491. The fourth-order valence-electron chi connectivity index (χ4n) is 0.823. The van der Waals surface area contributed by atoms with Crippen LogP contribution in [0, 0.1) is 0 Å². The molecule has 0 aromatic rings. The van der Waals surface area contributed by atoms with Crippen molar-refractivity contribution in [2.75, 3.05) is 25.6 Å². The number of rotatable bonds is 5. The number of ether oxygens (including phenoxy) is 1. The second kappa shape index (κ2) is 6.71. The van der Waals surface area contributed by atoms with Crippen LogP contribution in [0.15, 0.2) is 0 Å². The van der Waals surface area contributed by atoms with Crippen molar-refractivity contribution in [3.63, 3.8) is 0 Å². The van der Waals surface area contributed by atoms with Gasteiger partial charge in [-0.25, -0.2) is 0 Å². The summed E-state index contributed by atoms with van der Waals surface area (Å²) in [6.07, 6.45) is 0. The number of likely N-dealkylation sites (N-methyl/N-ethyl adjacent to an activating group) is 1. The van der Waals surface area contributed by atoms with Crippen molar-refractivity contribution in [1.29, 1.82) is 0 Å². The normalized spacial score (nSPS) is 9.46. The van der Waals surface area contributed by atoms with E-state index in [-0.39, 0.29) is 18.3 Å². The van der Waals surface area contributed by atoms with Gasteiger partial charge < -0.3 is 9.64 Å². The van der Waals surface area contributed by atoms with Gasteiger partial charge >= 0.3 is 5.97 Å². The fourth-order valence-corrected chi connectivity index (χ4v) is 0.992. The van der Waals surface area contributed by atoms with Crippen molar-refractivity contribution in [2.24, 2.45) is 0 Å². The number of nitrogens with zero attached hydrogens (tertiary/aromatic N) is 1. The second-order valence-corrected chi connectivity index (χ2v) is 2.61. The van der Waals surface area contributed by atoms with Crippen LogP contribution >= 0.6 is 11.6 Å². The highest BCUT2D eigenvalue weighted by molar-refractivity contribution is 6.27. The molecule has 0 atom stereocenters. The molecule has 76 valence electrons. The highest BCUT2D eigenvalue weighted by Gasteiger charge is 2.14. The summed E-state index contributed by atoms with van der Waals surface area (Å²) in [6.45, 7) is 4.27. The van der Waals surface area contributed by atoms with Crippen molar-refractivity contribution in [3.05, 3.63) is 0 Å². The van der Waals surface area contributed by atoms with Gasteiger partial charge in [-0.15, -0.1) is 11.6 Å². The standard InChI is InChI=1S/C8H14ClNO3/c1-3-10(7(11)5-9)6-8(12)13-4-2/h3-6H2,1-2H3. The zero-order valence-electron chi connectivity index (χ0n) is 7.88. The maximum atomic E-state index is 11.1. The summed E-state index contributed by atoms with van der Waals surface area (Å²) in [5, 5.41) is 0. The lowest BCUT2D eigenvalue weighted by atomic mass is 10.4. The van der Waals surface area contributed by atoms with Crippen molar-refractivity contribution in [2.45, 2.75) is 13.8 Å². The van der Waals surface area contributed by atoms with Crippen LogP contribution in [-0.2, 0) is 14.3 Å². The van der Waals surface area contributed by atoms with Gasteiger partial charge in [0.05, 0.1) is 6.61 Å². The molecule has 0 aliphatic carbocycles. The molecule has 5 heteroatoms.